The van der Waals surface area contributed by atoms with Crippen molar-refractivity contribution in [3.63, 3.8) is 0 Å². The summed E-state index contributed by atoms with van der Waals surface area (Å²) >= 11 is 0. The predicted molar refractivity (Wildman–Crippen MR) is 53.0 cm³/mol. The van der Waals surface area contributed by atoms with Crippen LogP contribution in [0.3, 0.4) is 0 Å². The lowest BCUT2D eigenvalue weighted by Gasteiger charge is -2.21. The van der Waals surface area contributed by atoms with Crippen LogP contribution in [0.5, 0.6) is 0 Å². The topological polar surface area (TPSA) is 46.2 Å². The lowest BCUT2D eigenvalue weighted by molar-refractivity contribution is 0.0668. The average molecular weight is 175 g/mol. The largest absolute Gasteiger partial charge is 0.384 e. The molecule has 0 aliphatic rings. The third-order valence-electron chi connectivity index (χ3n) is 2.07. The quantitative estimate of drug-likeness (QED) is 0.654. The van der Waals surface area contributed by atoms with Gasteiger partial charge in [-0.05, 0) is 24.6 Å². The Kier molecular flexibility index (Phi) is 2.72. The van der Waals surface area contributed by atoms with Gasteiger partial charge < -0.3 is 10.8 Å². The lowest BCUT2D eigenvalue weighted by atomic mass is 9.95. The second kappa shape index (κ2) is 3.61. The number of aliphatic hydroxyl groups is 1. The molecule has 0 saturated carbocycles. The first-order chi connectivity index (χ1) is 6.10. The van der Waals surface area contributed by atoms with Gasteiger partial charge in [0.2, 0.25) is 0 Å². The summed E-state index contributed by atoms with van der Waals surface area (Å²) in [4.78, 5) is 0. The molecule has 1 unspecified atom stereocenters. The smallest absolute Gasteiger partial charge is 0.0990 e. The minimum atomic E-state index is -0.965. The van der Waals surface area contributed by atoms with Gasteiger partial charge in [-0.15, -0.1) is 6.42 Å². The molecule has 1 atom stereocenters. The number of rotatable bonds is 2. The molecule has 0 aliphatic carbocycles. The summed E-state index contributed by atoms with van der Waals surface area (Å²) in [7, 11) is 0. The van der Waals surface area contributed by atoms with Crippen LogP contribution in [0.1, 0.15) is 18.1 Å². The van der Waals surface area contributed by atoms with Crippen LogP contribution in [-0.4, -0.2) is 11.7 Å². The maximum Gasteiger partial charge on any atom is 0.0990 e. The summed E-state index contributed by atoms with van der Waals surface area (Å²) < 4.78 is 0. The van der Waals surface area contributed by atoms with Crippen LogP contribution in [0.25, 0.3) is 0 Å². The van der Waals surface area contributed by atoms with E-state index in [1.54, 1.807) is 31.2 Å². The molecule has 0 fully saturated rings. The molecular formula is C11H13NO. The minimum Gasteiger partial charge on any atom is -0.384 e. The first kappa shape index (κ1) is 9.79. The van der Waals surface area contributed by atoms with Gasteiger partial charge in [-0.2, -0.15) is 0 Å². The SMILES string of the molecule is C#Cc1ccc(C(C)(O)CN)cc1. The molecule has 0 radical (unpaired) electrons. The highest BCUT2D eigenvalue weighted by molar-refractivity contribution is 5.35. The number of hydrogen-bond acceptors (Lipinski definition) is 2. The van der Waals surface area contributed by atoms with E-state index in [1.807, 2.05) is 0 Å². The summed E-state index contributed by atoms with van der Waals surface area (Å²) in [6, 6.07) is 7.17. The highest BCUT2D eigenvalue weighted by Crippen LogP contribution is 2.18. The van der Waals surface area contributed by atoms with E-state index in [1.165, 1.54) is 0 Å². The second-order valence-corrected chi connectivity index (χ2v) is 3.20. The molecule has 0 heterocycles. The molecule has 13 heavy (non-hydrogen) atoms. The second-order valence-electron chi connectivity index (χ2n) is 3.20. The van der Waals surface area contributed by atoms with E-state index in [4.69, 9.17) is 12.2 Å². The van der Waals surface area contributed by atoms with Crippen molar-refractivity contribution in [1.29, 1.82) is 0 Å². The Hall–Kier alpha value is -1.30. The molecule has 1 aromatic rings. The lowest BCUT2D eigenvalue weighted by Crippen LogP contribution is -2.31. The molecule has 0 aromatic heterocycles. The number of terminal acetylenes is 1. The van der Waals surface area contributed by atoms with Gasteiger partial charge in [0.1, 0.15) is 0 Å². The van der Waals surface area contributed by atoms with Gasteiger partial charge in [0.05, 0.1) is 5.60 Å². The van der Waals surface area contributed by atoms with Gasteiger partial charge in [0.15, 0.2) is 0 Å². The van der Waals surface area contributed by atoms with Crippen LogP contribution >= 0.6 is 0 Å². The molecule has 0 amide bonds. The molecule has 3 N–H and O–H groups in total. The van der Waals surface area contributed by atoms with Crippen LogP contribution < -0.4 is 5.73 Å². The standard InChI is InChI=1S/C11H13NO/c1-3-9-4-6-10(7-5-9)11(2,13)8-12/h1,4-7,13H,8,12H2,2H3. The summed E-state index contributed by atoms with van der Waals surface area (Å²) in [5, 5.41) is 9.78. The van der Waals surface area contributed by atoms with Gasteiger partial charge in [-0.25, -0.2) is 0 Å². The Morgan fingerprint density at radius 3 is 2.38 bits per heavy atom. The number of hydrogen-bond donors (Lipinski definition) is 2. The van der Waals surface area contributed by atoms with E-state index < -0.39 is 5.60 Å². The molecule has 0 bridgehead atoms. The van der Waals surface area contributed by atoms with Gasteiger partial charge in [0.25, 0.3) is 0 Å². The van der Waals surface area contributed by atoms with Gasteiger partial charge in [0, 0.05) is 12.1 Å². The predicted octanol–water partition coefficient (Wildman–Crippen LogP) is 0.834. The Morgan fingerprint density at radius 2 is 2.00 bits per heavy atom. The molecule has 1 aromatic carbocycles. The van der Waals surface area contributed by atoms with Crippen molar-refractivity contribution in [2.45, 2.75) is 12.5 Å². The number of benzene rings is 1. The highest BCUT2D eigenvalue weighted by atomic mass is 16.3. The zero-order valence-electron chi connectivity index (χ0n) is 7.62. The van der Waals surface area contributed by atoms with Gasteiger partial charge >= 0.3 is 0 Å². The minimum absolute atomic E-state index is 0.197. The zero-order chi connectivity index (χ0) is 9.90. The van der Waals surface area contributed by atoms with E-state index >= 15 is 0 Å². The molecular weight excluding hydrogens is 162 g/mol. The fourth-order valence-electron chi connectivity index (χ4n) is 1.04. The van der Waals surface area contributed by atoms with E-state index in [0.717, 1.165) is 11.1 Å². The van der Waals surface area contributed by atoms with Crippen molar-refractivity contribution in [2.75, 3.05) is 6.54 Å². The first-order valence-corrected chi connectivity index (χ1v) is 4.10. The highest BCUT2D eigenvalue weighted by Gasteiger charge is 2.19. The van der Waals surface area contributed by atoms with Crippen LogP contribution in [0.15, 0.2) is 24.3 Å². The summed E-state index contributed by atoms with van der Waals surface area (Å²) in [5.41, 5.74) is 6.04. The third-order valence-corrected chi connectivity index (χ3v) is 2.07. The third kappa shape index (κ3) is 2.09. The maximum atomic E-state index is 9.78. The molecule has 68 valence electrons. The molecule has 1 rings (SSSR count). The Morgan fingerprint density at radius 1 is 1.46 bits per heavy atom. The normalized spacial score (nSPS) is 14.6. The van der Waals surface area contributed by atoms with Crippen LogP contribution in [0, 0.1) is 12.3 Å². The Labute approximate surface area is 78.4 Å². The fourth-order valence-corrected chi connectivity index (χ4v) is 1.04. The molecule has 0 saturated heterocycles. The zero-order valence-corrected chi connectivity index (χ0v) is 7.62. The average Bonchev–Trinajstić information content (AvgIpc) is 2.18. The number of nitrogens with two attached hydrogens (primary N) is 1. The maximum absolute atomic E-state index is 9.78. The summed E-state index contributed by atoms with van der Waals surface area (Å²) in [6.07, 6.45) is 5.20. The van der Waals surface area contributed by atoms with Crippen LogP contribution in [0.4, 0.5) is 0 Å². The van der Waals surface area contributed by atoms with Crippen molar-refractivity contribution in [3.05, 3.63) is 35.4 Å². The molecule has 0 spiro atoms. The van der Waals surface area contributed by atoms with E-state index in [-0.39, 0.29) is 6.54 Å². The van der Waals surface area contributed by atoms with E-state index in [2.05, 4.69) is 5.92 Å². The monoisotopic (exact) mass is 175 g/mol. The molecule has 2 heteroatoms. The van der Waals surface area contributed by atoms with Crippen LogP contribution in [0.2, 0.25) is 0 Å². The molecule has 0 aliphatic heterocycles. The van der Waals surface area contributed by atoms with Crippen molar-refractivity contribution < 1.29 is 5.11 Å². The van der Waals surface area contributed by atoms with Gasteiger partial charge in [-0.1, -0.05) is 18.1 Å². The Balaban J connectivity index is 3.00. The van der Waals surface area contributed by atoms with Crippen molar-refractivity contribution in [2.24, 2.45) is 5.73 Å². The first-order valence-electron chi connectivity index (χ1n) is 4.10. The Bertz CT molecular complexity index is 319. The molecule has 2 nitrogen and oxygen atoms in total. The summed E-state index contributed by atoms with van der Waals surface area (Å²) in [6.45, 7) is 1.88. The van der Waals surface area contributed by atoms with Crippen molar-refractivity contribution in [1.82, 2.24) is 0 Å². The fraction of sp³-hybridized carbons (Fsp3) is 0.273. The van der Waals surface area contributed by atoms with E-state index in [9.17, 15) is 5.11 Å². The van der Waals surface area contributed by atoms with E-state index in [0.29, 0.717) is 0 Å². The van der Waals surface area contributed by atoms with Crippen LogP contribution in [-0.2, 0) is 5.60 Å². The van der Waals surface area contributed by atoms with Gasteiger partial charge in [-0.3, -0.25) is 0 Å². The summed E-state index contributed by atoms with van der Waals surface area (Å²) in [5.74, 6) is 2.51. The van der Waals surface area contributed by atoms with Crippen molar-refractivity contribution in [3.8, 4) is 12.3 Å². The van der Waals surface area contributed by atoms with Crippen molar-refractivity contribution >= 4 is 0 Å².